The predicted molar refractivity (Wildman–Crippen MR) is 76.2 cm³/mol. The third kappa shape index (κ3) is 2.03. The number of aryl methyl sites for hydroxylation is 1. The van der Waals surface area contributed by atoms with Crippen molar-refractivity contribution in [2.24, 2.45) is 0 Å². The maximum absolute atomic E-state index is 11.1. The topological polar surface area (TPSA) is 34.9 Å². The van der Waals surface area contributed by atoms with Crippen molar-refractivity contribution < 1.29 is 4.79 Å². The van der Waals surface area contributed by atoms with Crippen LogP contribution in [-0.2, 0) is 6.54 Å². The fourth-order valence-electron chi connectivity index (χ4n) is 2.25. The number of aldehydes is 1. The van der Waals surface area contributed by atoms with Crippen LogP contribution in [0.5, 0.6) is 0 Å². The lowest BCUT2D eigenvalue weighted by Gasteiger charge is -2.02. The monoisotopic (exact) mass is 250 g/mol. The Hall–Kier alpha value is -2.42. The molecule has 3 heteroatoms. The lowest BCUT2D eigenvalue weighted by atomic mass is 10.0. The molecule has 0 atom stereocenters. The van der Waals surface area contributed by atoms with Crippen LogP contribution in [0.2, 0.25) is 0 Å². The summed E-state index contributed by atoms with van der Waals surface area (Å²) in [5.41, 5.74) is 2.37. The van der Waals surface area contributed by atoms with Gasteiger partial charge >= 0.3 is 0 Å². The summed E-state index contributed by atoms with van der Waals surface area (Å²) in [4.78, 5) is 11.1. The number of fused-ring (bicyclic) bond motifs is 1. The number of nitrogens with zero attached hydrogens (tertiary/aromatic N) is 2. The molecular formula is C16H14N2O. The van der Waals surface area contributed by atoms with Crippen LogP contribution in [0.1, 0.15) is 17.3 Å². The number of rotatable bonds is 3. The van der Waals surface area contributed by atoms with E-state index in [9.17, 15) is 4.79 Å². The third-order valence-electron chi connectivity index (χ3n) is 3.26. The molecule has 2 aromatic carbocycles. The summed E-state index contributed by atoms with van der Waals surface area (Å²) in [6.45, 7) is 2.76. The van der Waals surface area contributed by atoms with E-state index in [2.05, 4.69) is 29.4 Å². The molecule has 0 radical (unpaired) electrons. The molecule has 3 rings (SSSR count). The van der Waals surface area contributed by atoms with E-state index in [1.54, 1.807) is 10.9 Å². The normalized spacial score (nSPS) is 10.8. The SMILES string of the molecule is CCn1cc(C=O)c(-c2ccc3ccccc3c2)n1. The lowest BCUT2D eigenvalue weighted by Crippen LogP contribution is -1.93. The maximum atomic E-state index is 11.1. The van der Waals surface area contributed by atoms with Crippen molar-refractivity contribution in [3.8, 4) is 11.3 Å². The molecule has 0 amide bonds. The van der Waals surface area contributed by atoms with Gasteiger partial charge in [0, 0.05) is 18.3 Å². The average molecular weight is 250 g/mol. The van der Waals surface area contributed by atoms with Gasteiger partial charge in [-0.1, -0.05) is 36.4 Å². The van der Waals surface area contributed by atoms with Gasteiger partial charge in [0.1, 0.15) is 5.69 Å². The van der Waals surface area contributed by atoms with E-state index in [1.807, 2.05) is 25.1 Å². The zero-order chi connectivity index (χ0) is 13.2. The summed E-state index contributed by atoms with van der Waals surface area (Å²) in [7, 11) is 0. The Balaban J connectivity index is 2.18. The standard InChI is InChI=1S/C16H14N2O/c1-2-18-10-15(11-19)16(17-18)14-8-7-12-5-3-4-6-13(12)9-14/h3-11H,2H2,1H3. The molecule has 3 nitrogen and oxygen atoms in total. The summed E-state index contributed by atoms with van der Waals surface area (Å²) in [6, 6.07) is 14.3. The highest BCUT2D eigenvalue weighted by molar-refractivity contribution is 5.91. The van der Waals surface area contributed by atoms with Crippen molar-refractivity contribution in [1.82, 2.24) is 9.78 Å². The molecule has 0 bridgehead atoms. The van der Waals surface area contributed by atoms with Crippen LogP contribution < -0.4 is 0 Å². The van der Waals surface area contributed by atoms with E-state index in [0.717, 1.165) is 29.5 Å². The second kappa shape index (κ2) is 4.69. The zero-order valence-corrected chi connectivity index (χ0v) is 10.7. The second-order valence-corrected chi connectivity index (χ2v) is 4.47. The Morgan fingerprint density at radius 1 is 1.16 bits per heavy atom. The highest BCUT2D eigenvalue weighted by atomic mass is 16.1. The van der Waals surface area contributed by atoms with Gasteiger partial charge < -0.3 is 0 Å². The number of hydrogen-bond acceptors (Lipinski definition) is 2. The molecule has 0 saturated heterocycles. The molecule has 0 unspecified atom stereocenters. The van der Waals surface area contributed by atoms with Gasteiger partial charge in [0.05, 0.1) is 5.56 Å². The van der Waals surface area contributed by atoms with Crippen LogP contribution in [0.15, 0.2) is 48.7 Å². The molecule has 3 aromatic rings. The van der Waals surface area contributed by atoms with Crippen molar-refractivity contribution in [2.75, 3.05) is 0 Å². The zero-order valence-electron chi connectivity index (χ0n) is 10.7. The van der Waals surface area contributed by atoms with Gasteiger partial charge in [-0.3, -0.25) is 9.48 Å². The van der Waals surface area contributed by atoms with Gasteiger partial charge in [0.15, 0.2) is 6.29 Å². The van der Waals surface area contributed by atoms with Crippen molar-refractivity contribution in [1.29, 1.82) is 0 Å². The highest BCUT2D eigenvalue weighted by Gasteiger charge is 2.10. The van der Waals surface area contributed by atoms with Crippen molar-refractivity contribution in [3.05, 3.63) is 54.2 Å². The average Bonchev–Trinajstić information content (AvgIpc) is 2.90. The van der Waals surface area contributed by atoms with Gasteiger partial charge in [-0.15, -0.1) is 0 Å². The third-order valence-corrected chi connectivity index (χ3v) is 3.26. The Morgan fingerprint density at radius 3 is 2.68 bits per heavy atom. The number of benzene rings is 2. The summed E-state index contributed by atoms with van der Waals surface area (Å²) in [5, 5.41) is 6.81. The lowest BCUT2D eigenvalue weighted by molar-refractivity contribution is 0.112. The van der Waals surface area contributed by atoms with Crippen LogP contribution in [0.3, 0.4) is 0 Å². The van der Waals surface area contributed by atoms with Gasteiger partial charge in [-0.05, 0) is 23.8 Å². The maximum Gasteiger partial charge on any atom is 0.153 e. The van der Waals surface area contributed by atoms with Gasteiger partial charge in [-0.2, -0.15) is 5.10 Å². The number of carbonyl (C=O) groups excluding carboxylic acids is 1. The van der Waals surface area contributed by atoms with E-state index >= 15 is 0 Å². The summed E-state index contributed by atoms with van der Waals surface area (Å²) in [6.07, 6.45) is 2.65. The first-order valence-electron chi connectivity index (χ1n) is 6.33. The molecule has 0 aliphatic rings. The van der Waals surface area contributed by atoms with Crippen LogP contribution >= 0.6 is 0 Å². The van der Waals surface area contributed by atoms with E-state index in [0.29, 0.717) is 5.56 Å². The molecule has 0 aliphatic heterocycles. The van der Waals surface area contributed by atoms with Gasteiger partial charge in [0.25, 0.3) is 0 Å². The van der Waals surface area contributed by atoms with Crippen molar-refractivity contribution in [2.45, 2.75) is 13.5 Å². The Bertz CT molecular complexity index is 743. The number of aromatic nitrogens is 2. The fourth-order valence-corrected chi connectivity index (χ4v) is 2.25. The fraction of sp³-hybridized carbons (Fsp3) is 0.125. The van der Waals surface area contributed by atoms with Gasteiger partial charge in [0.2, 0.25) is 0 Å². The Kier molecular flexibility index (Phi) is 2.88. The number of carbonyl (C=O) groups is 1. The van der Waals surface area contributed by atoms with Crippen LogP contribution in [0, 0.1) is 0 Å². The molecule has 0 saturated carbocycles. The van der Waals surface area contributed by atoms with Crippen LogP contribution in [0.4, 0.5) is 0 Å². The second-order valence-electron chi connectivity index (χ2n) is 4.47. The molecule has 0 aliphatic carbocycles. The molecule has 0 spiro atoms. The van der Waals surface area contributed by atoms with E-state index in [4.69, 9.17) is 0 Å². The first-order valence-corrected chi connectivity index (χ1v) is 6.33. The van der Waals surface area contributed by atoms with Crippen LogP contribution in [0.25, 0.3) is 22.0 Å². The number of hydrogen-bond donors (Lipinski definition) is 0. The first kappa shape index (κ1) is 11.7. The van der Waals surface area contributed by atoms with E-state index in [-0.39, 0.29) is 0 Å². The molecule has 0 N–H and O–H groups in total. The van der Waals surface area contributed by atoms with E-state index in [1.165, 1.54) is 5.39 Å². The van der Waals surface area contributed by atoms with Gasteiger partial charge in [-0.25, -0.2) is 0 Å². The summed E-state index contributed by atoms with van der Waals surface area (Å²) < 4.78 is 1.79. The van der Waals surface area contributed by atoms with E-state index < -0.39 is 0 Å². The minimum Gasteiger partial charge on any atom is -0.298 e. The first-order chi connectivity index (χ1) is 9.31. The Morgan fingerprint density at radius 2 is 1.95 bits per heavy atom. The van der Waals surface area contributed by atoms with Crippen molar-refractivity contribution in [3.63, 3.8) is 0 Å². The largest absolute Gasteiger partial charge is 0.298 e. The summed E-state index contributed by atoms with van der Waals surface area (Å²) in [5.74, 6) is 0. The van der Waals surface area contributed by atoms with Crippen molar-refractivity contribution >= 4 is 17.1 Å². The molecule has 19 heavy (non-hydrogen) atoms. The molecule has 1 heterocycles. The molecule has 0 fully saturated rings. The van der Waals surface area contributed by atoms with Crippen LogP contribution in [-0.4, -0.2) is 16.1 Å². The Labute approximate surface area is 111 Å². The molecule has 94 valence electrons. The highest BCUT2D eigenvalue weighted by Crippen LogP contribution is 2.25. The quantitative estimate of drug-likeness (QED) is 0.666. The smallest absolute Gasteiger partial charge is 0.153 e. The summed E-state index contributed by atoms with van der Waals surface area (Å²) >= 11 is 0. The minimum atomic E-state index is 0.636. The predicted octanol–water partition coefficient (Wildman–Crippen LogP) is 3.54. The molecular weight excluding hydrogens is 236 g/mol. The molecule has 1 aromatic heterocycles. The minimum absolute atomic E-state index is 0.636.